The minimum absolute atomic E-state index is 0.882. The predicted molar refractivity (Wildman–Crippen MR) is 50.3 cm³/mol. The topological polar surface area (TPSA) is 0 Å². The quantitative estimate of drug-likeness (QED) is 0.602. The maximum atomic E-state index is 5.96. The van der Waals surface area contributed by atoms with Crippen LogP contribution in [0.5, 0.6) is 0 Å². The Morgan fingerprint density at radius 1 is 1.27 bits per heavy atom. The van der Waals surface area contributed by atoms with Gasteiger partial charge in [0.2, 0.25) is 0 Å². The van der Waals surface area contributed by atoms with E-state index in [9.17, 15) is 0 Å². The van der Waals surface area contributed by atoms with Crippen molar-refractivity contribution < 1.29 is 0 Å². The van der Waals surface area contributed by atoms with Crippen molar-refractivity contribution in [2.45, 2.75) is 27.2 Å². The van der Waals surface area contributed by atoms with Crippen molar-refractivity contribution >= 4 is 11.6 Å². The number of hydrogen-bond donors (Lipinski definition) is 0. The van der Waals surface area contributed by atoms with Crippen LogP contribution < -0.4 is 0 Å². The van der Waals surface area contributed by atoms with Crippen molar-refractivity contribution in [1.29, 1.82) is 0 Å². The zero-order valence-corrected chi connectivity index (χ0v) is 8.00. The molecule has 0 saturated heterocycles. The first-order valence-electron chi connectivity index (χ1n) is 3.91. The lowest BCUT2D eigenvalue weighted by molar-refractivity contribution is 1.08. The summed E-state index contributed by atoms with van der Waals surface area (Å²) in [6, 6.07) is 4.04. The SMILES string of the molecule is CCc1c(C)ccc(Cl)c1C. The van der Waals surface area contributed by atoms with Gasteiger partial charge in [-0.15, -0.1) is 0 Å². The average molecular weight is 169 g/mol. The largest absolute Gasteiger partial charge is 0.0840 e. The molecule has 0 bridgehead atoms. The zero-order chi connectivity index (χ0) is 8.43. The van der Waals surface area contributed by atoms with Crippen LogP contribution in [0.1, 0.15) is 23.6 Å². The summed E-state index contributed by atoms with van der Waals surface area (Å²) in [6.45, 7) is 6.36. The Balaban J connectivity index is 3.29. The molecule has 0 nitrogen and oxygen atoms in total. The number of halogens is 1. The molecule has 0 atom stereocenters. The molecule has 60 valence electrons. The molecule has 0 unspecified atom stereocenters. The van der Waals surface area contributed by atoms with Gasteiger partial charge in [-0.05, 0) is 43.0 Å². The molecule has 0 heterocycles. The monoisotopic (exact) mass is 168 g/mol. The predicted octanol–water partition coefficient (Wildman–Crippen LogP) is 3.52. The van der Waals surface area contributed by atoms with E-state index in [-0.39, 0.29) is 0 Å². The van der Waals surface area contributed by atoms with Crippen molar-refractivity contribution in [3.63, 3.8) is 0 Å². The average Bonchev–Trinajstić information content (AvgIpc) is 1.99. The van der Waals surface area contributed by atoms with Gasteiger partial charge in [0.05, 0.1) is 0 Å². The highest BCUT2D eigenvalue weighted by Crippen LogP contribution is 2.22. The Bertz CT molecular complexity index is 264. The summed E-state index contributed by atoms with van der Waals surface area (Å²) in [4.78, 5) is 0. The molecular formula is C10H13Cl. The van der Waals surface area contributed by atoms with Gasteiger partial charge in [-0.3, -0.25) is 0 Å². The third-order valence-electron chi connectivity index (χ3n) is 2.12. The maximum absolute atomic E-state index is 5.96. The fraction of sp³-hybridized carbons (Fsp3) is 0.400. The first-order valence-corrected chi connectivity index (χ1v) is 4.29. The molecular weight excluding hydrogens is 156 g/mol. The van der Waals surface area contributed by atoms with Crippen LogP contribution in [0, 0.1) is 13.8 Å². The molecule has 0 radical (unpaired) electrons. The molecule has 1 rings (SSSR count). The van der Waals surface area contributed by atoms with E-state index < -0.39 is 0 Å². The van der Waals surface area contributed by atoms with E-state index in [1.807, 2.05) is 6.07 Å². The maximum Gasteiger partial charge on any atom is 0.0438 e. The molecule has 0 fully saturated rings. The summed E-state index contributed by atoms with van der Waals surface area (Å²) in [6.07, 6.45) is 1.07. The van der Waals surface area contributed by atoms with Crippen LogP contribution in [-0.4, -0.2) is 0 Å². The van der Waals surface area contributed by atoms with Crippen molar-refractivity contribution in [1.82, 2.24) is 0 Å². The number of rotatable bonds is 1. The van der Waals surface area contributed by atoms with Gasteiger partial charge in [-0.2, -0.15) is 0 Å². The minimum atomic E-state index is 0.882. The van der Waals surface area contributed by atoms with Crippen molar-refractivity contribution in [2.75, 3.05) is 0 Å². The fourth-order valence-electron chi connectivity index (χ4n) is 1.41. The third kappa shape index (κ3) is 1.57. The van der Waals surface area contributed by atoms with Gasteiger partial charge in [-0.25, -0.2) is 0 Å². The fourth-order valence-corrected chi connectivity index (χ4v) is 1.58. The molecule has 0 saturated carbocycles. The lowest BCUT2D eigenvalue weighted by Crippen LogP contribution is -1.91. The van der Waals surface area contributed by atoms with E-state index in [0.29, 0.717) is 0 Å². The van der Waals surface area contributed by atoms with E-state index >= 15 is 0 Å². The summed E-state index contributed by atoms with van der Waals surface area (Å²) in [5.74, 6) is 0. The Hall–Kier alpha value is -0.490. The highest BCUT2D eigenvalue weighted by atomic mass is 35.5. The third-order valence-corrected chi connectivity index (χ3v) is 2.53. The van der Waals surface area contributed by atoms with Gasteiger partial charge in [0.15, 0.2) is 0 Å². The van der Waals surface area contributed by atoms with Crippen LogP contribution in [0.25, 0.3) is 0 Å². The molecule has 0 aromatic heterocycles. The smallest absolute Gasteiger partial charge is 0.0438 e. The van der Waals surface area contributed by atoms with Crippen LogP contribution in [0.15, 0.2) is 12.1 Å². The highest BCUT2D eigenvalue weighted by Gasteiger charge is 2.02. The molecule has 0 N–H and O–H groups in total. The molecule has 0 amide bonds. The summed E-state index contributed by atoms with van der Waals surface area (Å²) >= 11 is 5.96. The zero-order valence-electron chi connectivity index (χ0n) is 7.24. The number of benzene rings is 1. The van der Waals surface area contributed by atoms with Gasteiger partial charge >= 0.3 is 0 Å². The molecule has 0 aliphatic carbocycles. The Kier molecular flexibility index (Phi) is 2.56. The molecule has 0 spiro atoms. The second-order valence-electron chi connectivity index (χ2n) is 2.82. The summed E-state index contributed by atoms with van der Waals surface area (Å²) in [5.41, 5.74) is 3.96. The Labute approximate surface area is 73.2 Å². The second-order valence-corrected chi connectivity index (χ2v) is 3.23. The minimum Gasteiger partial charge on any atom is -0.0840 e. The molecule has 11 heavy (non-hydrogen) atoms. The number of hydrogen-bond acceptors (Lipinski definition) is 0. The van der Waals surface area contributed by atoms with Gasteiger partial charge in [0.1, 0.15) is 0 Å². The first-order chi connectivity index (χ1) is 5.16. The number of aryl methyl sites for hydroxylation is 1. The molecule has 1 aromatic carbocycles. The molecule has 0 aliphatic heterocycles. The van der Waals surface area contributed by atoms with Crippen molar-refractivity contribution in [2.24, 2.45) is 0 Å². The summed E-state index contributed by atoms with van der Waals surface area (Å²) in [7, 11) is 0. The van der Waals surface area contributed by atoms with Crippen LogP contribution in [-0.2, 0) is 6.42 Å². The van der Waals surface area contributed by atoms with Crippen molar-refractivity contribution in [3.05, 3.63) is 33.8 Å². The van der Waals surface area contributed by atoms with E-state index in [4.69, 9.17) is 11.6 Å². The Morgan fingerprint density at radius 2 is 1.91 bits per heavy atom. The Morgan fingerprint density at radius 3 is 2.36 bits per heavy atom. The van der Waals surface area contributed by atoms with Gasteiger partial charge < -0.3 is 0 Å². The summed E-state index contributed by atoms with van der Waals surface area (Å²) < 4.78 is 0. The van der Waals surface area contributed by atoms with Gasteiger partial charge in [-0.1, -0.05) is 24.6 Å². The second kappa shape index (κ2) is 3.27. The lowest BCUT2D eigenvalue weighted by atomic mass is 10.0. The van der Waals surface area contributed by atoms with Crippen molar-refractivity contribution in [3.8, 4) is 0 Å². The lowest BCUT2D eigenvalue weighted by Gasteiger charge is -2.07. The molecule has 1 heteroatoms. The van der Waals surface area contributed by atoms with Crippen LogP contribution >= 0.6 is 11.6 Å². The van der Waals surface area contributed by atoms with E-state index in [1.54, 1.807) is 0 Å². The standard InChI is InChI=1S/C10H13Cl/c1-4-9-7(2)5-6-10(11)8(9)3/h5-6H,4H2,1-3H3. The molecule has 0 aliphatic rings. The van der Waals surface area contributed by atoms with Gasteiger partial charge in [0, 0.05) is 5.02 Å². The summed E-state index contributed by atoms with van der Waals surface area (Å²) in [5, 5.41) is 0.882. The first kappa shape index (κ1) is 8.61. The van der Waals surface area contributed by atoms with Crippen LogP contribution in [0.4, 0.5) is 0 Å². The van der Waals surface area contributed by atoms with E-state index in [2.05, 4.69) is 26.8 Å². The van der Waals surface area contributed by atoms with E-state index in [1.165, 1.54) is 16.7 Å². The van der Waals surface area contributed by atoms with Crippen LogP contribution in [0.3, 0.4) is 0 Å². The van der Waals surface area contributed by atoms with Gasteiger partial charge in [0.25, 0.3) is 0 Å². The van der Waals surface area contributed by atoms with Crippen LogP contribution in [0.2, 0.25) is 5.02 Å². The highest BCUT2D eigenvalue weighted by molar-refractivity contribution is 6.31. The van der Waals surface area contributed by atoms with E-state index in [0.717, 1.165) is 11.4 Å². The normalized spacial score (nSPS) is 10.2. The molecule has 1 aromatic rings.